The van der Waals surface area contributed by atoms with Crippen LogP contribution in [0, 0.1) is 20.8 Å². The number of aromatic nitrogens is 2. The van der Waals surface area contributed by atoms with Gasteiger partial charge in [-0.25, -0.2) is 4.98 Å². The molecule has 7 nitrogen and oxygen atoms in total. The Morgan fingerprint density at radius 1 is 0.696 bits per heavy atom. The quantitative estimate of drug-likeness (QED) is 0.128. The van der Waals surface area contributed by atoms with Crippen molar-refractivity contribution >= 4 is 16.7 Å². The summed E-state index contributed by atoms with van der Waals surface area (Å²) < 4.78 is 8.70. The summed E-state index contributed by atoms with van der Waals surface area (Å²) in [7, 11) is 10.5. The molecule has 1 unspecified atom stereocenters. The van der Waals surface area contributed by atoms with E-state index in [1.165, 1.54) is 38.9 Å². The van der Waals surface area contributed by atoms with Crippen molar-refractivity contribution in [3.8, 4) is 11.3 Å². The summed E-state index contributed by atoms with van der Waals surface area (Å²) in [6, 6.07) is 29.9. The molecule has 0 saturated heterocycles. The zero-order valence-corrected chi connectivity index (χ0v) is 40.0. The Kier molecular flexibility index (Phi) is 20.8. The van der Waals surface area contributed by atoms with Gasteiger partial charge in [-0.1, -0.05) is 130 Å². The molecule has 0 aliphatic carbocycles. The summed E-state index contributed by atoms with van der Waals surface area (Å²) >= 11 is 0. The number of fused-ring (bicyclic) bond motifs is 1. The maximum absolute atomic E-state index is 6.37. The Hall–Kier alpha value is -3.82. The molecule has 2 heterocycles. The van der Waals surface area contributed by atoms with E-state index in [4.69, 9.17) is 14.7 Å². The van der Waals surface area contributed by atoms with E-state index >= 15 is 0 Å². The van der Waals surface area contributed by atoms with E-state index < -0.39 is 0 Å². The SMILES string of the molecule is CCc1oc2ccccc2c1-c1cn(Cc2ccccc2)c(C([N-]c2c(C(C)C)cccc2C(C)C)c2c(C)cc(C)cc2C)n1.C[N-]C.C[N-]C.C[N-]C.[Hf+4]. The second kappa shape index (κ2) is 24.1. The molecule has 6 aromatic rings. The van der Waals surface area contributed by atoms with Gasteiger partial charge in [0.1, 0.15) is 11.3 Å². The Morgan fingerprint density at radius 3 is 1.73 bits per heavy atom. The molecule has 1 atom stereocenters. The fourth-order valence-electron chi connectivity index (χ4n) is 6.97. The number of para-hydroxylation sites is 2. The molecule has 0 amide bonds. The first kappa shape index (κ1) is 48.3. The van der Waals surface area contributed by atoms with Crippen molar-refractivity contribution in [2.24, 2.45) is 0 Å². The molecular weight excluding hydrogens is 855 g/mol. The first-order valence-corrected chi connectivity index (χ1v) is 19.4. The van der Waals surface area contributed by atoms with Crippen LogP contribution in [-0.4, -0.2) is 51.8 Å². The van der Waals surface area contributed by atoms with Gasteiger partial charge in [0.15, 0.2) is 0 Å². The summed E-state index contributed by atoms with van der Waals surface area (Å²) in [6.45, 7) is 18.5. The first-order valence-electron chi connectivity index (χ1n) is 19.4. The van der Waals surface area contributed by atoms with Crippen LogP contribution in [-0.2, 0) is 38.8 Å². The molecule has 8 heteroatoms. The molecule has 0 radical (unpaired) electrons. The minimum absolute atomic E-state index is 0. The summed E-state index contributed by atoms with van der Waals surface area (Å²) in [5.74, 6) is 2.57. The van der Waals surface area contributed by atoms with Crippen molar-refractivity contribution < 1.29 is 30.3 Å². The summed E-state index contributed by atoms with van der Waals surface area (Å²) in [6.07, 6.45) is 3.01. The third-order valence-corrected chi connectivity index (χ3v) is 9.11. The maximum Gasteiger partial charge on any atom is 4.00 e. The topological polar surface area (TPSA) is 87.4 Å². The van der Waals surface area contributed by atoms with Crippen molar-refractivity contribution in [1.29, 1.82) is 0 Å². The molecule has 0 fully saturated rings. The number of hydrogen-bond acceptors (Lipinski definition) is 2. The fourth-order valence-corrected chi connectivity index (χ4v) is 6.97. The van der Waals surface area contributed by atoms with Gasteiger partial charge < -0.3 is 30.3 Å². The number of aryl methyl sites for hydroxylation is 4. The van der Waals surface area contributed by atoms with E-state index in [-0.39, 0.29) is 31.9 Å². The summed E-state index contributed by atoms with van der Waals surface area (Å²) in [5, 5.41) is 17.4. The fraction of sp³-hybridized carbons (Fsp3) is 0.396. The smallest absolute Gasteiger partial charge is 0.671 e. The van der Waals surface area contributed by atoms with E-state index in [1.807, 2.05) is 12.1 Å². The van der Waals surface area contributed by atoms with Crippen molar-refractivity contribution in [1.82, 2.24) is 9.55 Å². The number of nitrogens with zero attached hydrogens (tertiary/aromatic N) is 6. The third-order valence-electron chi connectivity index (χ3n) is 9.11. The first-order chi connectivity index (χ1) is 26.4. The van der Waals surface area contributed by atoms with Crippen LogP contribution in [0.15, 0.2) is 95.5 Å². The van der Waals surface area contributed by atoms with Gasteiger partial charge in [-0.05, 0) is 67.0 Å². The molecule has 6 rings (SSSR count). The third kappa shape index (κ3) is 12.3. The van der Waals surface area contributed by atoms with Gasteiger partial charge in [-0.2, -0.15) is 42.3 Å². The van der Waals surface area contributed by atoms with Crippen molar-refractivity contribution in [3.05, 3.63) is 163 Å². The van der Waals surface area contributed by atoms with E-state index in [1.54, 1.807) is 42.3 Å². The minimum atomic E-state index is -0.307. The van der Waals surface area contributed by atoms with Gasteiger partial charge in [-0.3, -0.25) is 0 Å². The van der Waals surface area contributed by atoms with Crippen LogP contribution in [0.2, 0.25) is 0 Å². The van der Waals surface area contributed by atoms with Crippen LogP contribution in [0.4, 0.5) is 5.69 Å². The molecule has 2 aromatic heterocycles. The molecule has 0 aliphatic heterocycles. The second-order valence-electron chi connectivity index (χ2n) is 14.6. The van der Waals surface area contributed by atoms with E-state index in [0.29, 0.717) is 18.4 Å². The summed E-state index contributed by atoms with van der Waals surface area (Å²) in [4.78, 5) is 5.54. The van der Waals surface area contributed by atoms with Crippen LogP contribution < -0.4 is 0 Å². The Morgan fingerprint density at radius 2 is 1.21 bits per heavy atom. The molecule has 56 heavy (non-hydrogen) atoms. The molecule has 4 aromatic carbocycles. The maximum atomic E-state index is 6.37. The molecule has 0 aliphatic rings. The summed E-state index contributed by atoms with van der Waals surface area (Å²) in [5.41, 5.74) is 12.7. The average molecular weight is 920 g/mol. The molecule has 0 spiro atoms. The number of imidazole rings is 1. The van der Waals surface area contributed by atoms with Gasteiger partial charge in [-0.15, -0.1) is 5.69 Å². The molecular formula is C48H64HfN6O. The number of hydrogen-bond donors (Lipinski definition) is 0. The predicted molar refractivity (Wildman–Crippen MR) is 238 cm³/mol. The standard InChI is InChI=1S/C42H46N3O.3C2H6N.Hf/c1-9-36-39(34-18-13-14-21-37(34)46-36)35-25-45(24-31-16-11-10-12-17-31)42(43-35)41(38-29(7)22-28(6)23-30(38)8)44-40-32(26(2)3)19-15-20-33(40)27(4)5;3*1-3-2;/h10-23,25-27,41H,9,24H2,1-8H3;3*1-2H3;/q4*-1;+4. The Balaban J connectivity index is 0.000000991. The zero-order valence-electron chi connectivity index (χ0n) is 36.4. The minimum Gasteiger partial charge on any atom is -0.671 e. The normalized spacial score (nSPS) is 11.1. The van der Waals surface area contributed by atoms with Crippen molar-refractivity contribution in [3.63, 3.8) is 0 Å². The zero-order chi connectivity index (χ0) is 40.7. The average Bonchev–Trinajstić information content (AvgIpc) is 3.73. The van der Waals surface area contributed by atoms with E-state index in [9.17, 15) is 0 Å². The van der Waals surface area contributed by atoms with Crippen LogP contribution in [0.25, 0.3) is 43.5 Å². The van der Waals surface area contributed by atoms with Crippen LogP contribution in [0.3, 0.4) is 0 Å². The molecule has 0 saturated carbocycles. The Labute approximate surface area is 357 Å². The van der Waals surface area contributed by atoms with Crippen molar-refractivity contribution in [2.75, 3.05) is 42.3 Å². The van der Waals surface area contributed by atoms with Gasteiger partial charge in [0.2, 0.25) is 0 Å². The molecule has 0 N–H and O–H groups in total. The number of furan rings is 1. The van der Waals surface area contributed by atoms with Gasteiger partial charge in [0, 0.05) is 24.5 Å². The van der Waals surface area contributed by atoms with Gasteiger partial charge in [0.25, 0.3) is 0 Å². The van der Waals surface area contributed by atoms with E-state index in [2.05, 4.69) is 155 Å². The van der Waals surface area contributed by atoms with Gasteiger partial charge >= 0.3 is 25.8 Å². The Bertz CT molecular complexity index is 1990. The molecule has 0 bridgehead atoms. The number of rotatable bonds is 10. The van der Waals surface area contributed by atoms with Crippen LogP contribution >= 0.6 is 0 Å². The molecule has 296 valence electrons. The largest absolute Gasteiger partial charge is 4.00 e. The van der Waals surface area contributed by atoms with Crippen molar-refractivity contribution in [2.45, 2.75) is 86.2 Å². The second-order valence-corrected chi connectivity index (χ2v) is 14.6. The van der Waals surface area contributed by atoms with Crippen LogP contribution in [0.1, 0.15) is 103 Å². The van der Waals surface area contributed by atoms with Gasteiger partial charge in [0.05, 0.1) is 17.1 Å². The van der Waals surface area contributed by atoms with E-state index in [0.717, 1.165) is 45.9 Å². The number of benzene rings is 4. The predicted octanol–water partition coefficient (Wildman–Crippen LogP) is 13.7. The monoisotopic (exact) mass is 920 g/mol. The van der Waals surface area contributed by atoms with Crippen LogP contribution in [0.5, 0.6) is 0 Å².